The third kappa shape index (κ3) is 3.35. The molecular formula is C18H16Cl3NO. The maximum absolute atomic E-state index is 12.6. The summed E-state index contributed by atoms with van der Waals surface area (Å²) in [6.07, 6.45) is 0. The molecule has 0 spiro atoms. The molecule has 2 aromatic carbocycles. The van der Waals surface area contributed by atoms with Crippen molar-refractivity contribution in [1.82, 2.24) is 0 Å². The van der Waals surface area contributed by atoms with Crippen molar-refractivity contribution in [3.05, 3.63) is 63.6 Å². The number of benzene rings is 2. The molecule has 1 saturated carbocycles. The van der Waals surface area contributed by atoms with E-state index in [0.717, 1.165) is 16.8 Å². The van der Waals surface area contributed by atoms with Gasteiger partial charge in [0.1, 0.15) is 0 Å². The Morgan fingerprint density at radius 3 is 2.39 bits per heavy atom. The number of anilines is 1. The van der Waals surface area contributed by atoms with Crippen LogP contribution in [0.2, 0.25) is 10.0 Å². The Kier molecular flexibility index (Phi) is 4.35. The van der Waals surface area contributed by atoms with Gasteiger partial charge < -0.3 is 5.32 Å². The summed E-state index contributed by atoms with van der Waals surface area (Å²) in [6, 6.07) is 13.0. The zero-order valence-electron chi connectivity index (χ0n) is 12.7. The molecule has 1 N–H and O–H groups in total. The standard InChI is InChI=1S/C18H16Cl3NO/c1-10-4-3-5-14(6-10)22-17(23)16-15(18(16,2)21)11-7-12(19)9-13(20)8-11/h3-9,15-16H,1-2H3,(H,22,23). The van der Waals surface area contributed by atoms with Crippen molar-refractivity contribution >= 4 is 46.4 Å². The van der Waals surface area contributed by atoms with E-state index >= 15 is 0 Å². The van der Waals surface area contributed by atoms with Crippen LogP contribution in [-0.2, 0) is 4.79 Å². The summed E-state index contributed by atoms with van der Waals surface area (Å²) in [5.41, 5.74) is 2.76. The van der Waals surface area contributed by atoms with Crippen molar-refractivity contribution < 1.29 is 4.79 Å². The second-order valence-corrected chi connectivity index (χ2v) is 7.86. The molecule has 23 heavy (non-hydrogen) atoms. The van der Waals surface area contributed by atoms with Crippen molar-refractivity contribution in [1.29, 1.82) is 0 Å². The summed E-state index contributed by atoms with van der Waals surface area (Å²) >= 11 is 18.7. The van der Waals surface area contributed by atoms with E-state index in [9.17, 15) is 4.79 Å². The molecule has 1 fully saturated rings. The minimum absolute atomic E-state index is 0.0887. The summed E-state index contributed by atoms with van der Waals surface area (Å²) in [7, 11) is 0. The summed E-state index contributed by atoms with van der Waals surface area (Å²) < 4.78 is 0. The molecule has 1 aliphatic carbocycles. The lowest BCUT2D eigenvalue weighted by atomic mass is 10.1. The van der Waals surface area contributed by atoms with E-state index in [1.165, 1.54) is 0 Å². The van der Waals surface area contributed by atoms with E-state index in [0.29, 0.717) is 10.0 Å². The predicted octanol–water partition coefficient (Wildman–Crippen LogP) is 5.65. The van der Waals surface area contributed by atoms with Crippen LogP contribution in [0.5, 0.6) is 0 Å². The van der Waals surface area contributed by atoms with Gasteiger partial charge in [-0.25, -0.2) is 0 Å². The monoisotopic (exact) mass is 367 g/mol. The average molecular weight is 369 g/mol. The highest BCUT2D eigenvalue weighted by Crippen LogP contribution is 2.62. The second-order valence-electron chi connectivity index (χ2n) is 6.17. The number of alkyl halides is 1. The highest BCUT2D eigenvalue weighted by Gasteiger charge is 2.64. The molecule has 0 bridgehead atoms. The first-order valence-electron chi connectivity index (χ1n) is 7.31. The number of carbonyl (C=O) groups excluding carboxylic acids is 1. The van der Waals surface area contributed by atoms with Crippen LogP contribution in [-0.4, -0.2) is 10.8 Å². The minimum Gasteiger partial charge on any atom is -0.326 e. The third-order valence-electron chi connectivity index (χ3n) is 4.25. The van der Waals surface area contributed by atoms with Crippen molar-refractivity contribution in [3.8, 4) is 0 Å². The smallest absolute Gasteiger partial charge is 0.229 e. The molecule has 0 aromatic heterocycles. The molecule has 5 heteroatoms. The molecule has 2 nitrogen and oxygen atoms in total. The normalized spacial score (nSPS) is 26.0. The molecule has 120 valence electrons. The van der Waals surface area contributed by atoms with E-state index in [4.69, 9.17) is 34.8 Å². The number of nitrogens with one attached hydrogen (secondary N) is 1. The molecule has 1 aliphatic rings. The van der Waals surface area contributed by atoms with Gasteiger partial charge in [-0.3, -0.25) is 4.79 Å². The molecular weight excluding hydrogens is 353 g/mol. The van der Waals surface area contributed by atoms with Crippen molar-refractivity contribution in [2.24, 2.45) is 5.92 Å². The van der Waals surface area contributed by atoms with E-state index in [1.807, 2.05) is 50.2 Å². The predicted molar refractivity (Wildman–Crippen MR) is 96.8 cm³/mol. The first-order valence-corrected chi connectivity index (χ1v) is 8.45. The molecule has 3 atom stereocenters. The minimum atomic E-state index is -0.637. The Morgan fingerprint density at radius 1 is 1.13 bits per heavy atom. The molecule has 0 radical (unpaired) electrons. The topological polar surface area (TPSA) is 29.1 Å². The van der Waals surface area contributed by atoms with Crippen LogP contribution in [0.15, 0.2) is 42.5 Å². The van der Waals surface area contributed by atoms with Gasteiger partial charge >= 0.3 is 0 Å². The largest absolute Gasteiger partial charge is 0.326 e. The molecule has 0 saturated heterocycles. The number of hydrogen-bond acceptors (Lipinski definition) is 1. The molecule has 2 aromatic rings. The highest BCUT2D eigenvalue weighted by atomic mass is 35.5. The lowest BCUT2D eigenvalue weighted by Gasteiger charge is -2.06. The zero-order valence-corrected chi connectivity index (χ0v) is 15.0. The average Bonchev–Trinajstić information content (AvgIpc) is 3.00. The summed E-state index contributed by atoms with van der Waals surface area (Å²) in [4.78, 5) is 12.0. The maximum atomic E-state index is 12.6. The van der Waals surface area contributed by atoms with Crippen LogP contribution in [0.25, 0.3) is 0 Å². The Bertz CT molecular complexity index is 752. The lowest BCUT2D eigenvalue weighted by Crippen LogP contribution is -2.17. The van der Waals surface area contributed by atoms with Gasteiger partial charge in [-0.15, -0.1) is 11.6 Å². The number of amides is 1. The quantitative estimate of drug-likeness (QED) is 0.697. The maximum Gasteiger partial charge on any atom is 0.229 e. The molecule has 0 aliphatic heterocycles. The van der Waals surface area contributed by atoms with Crippen LogP contribution in [0, 0.1) is 12.8 Å². The summed E-state index contributed by atoms with van der Waals surface area (Å²) in [5.74, 6) is -0.515. The summed E-state index contributed by atoms with van der Waals surface area (Å²) in [6.45, 7) is 3.85. The van der Waals surface area contributed by atoms with E-state index in [-0.39, 0.29) is 17.7 Å². The number of rotatable bonds is 3. The van der Waals surface area contributed by atoms with Crippen LogP contribution in [0.3, 0.4) is 0 Å². The molecule has 1 amide bonds. The Hall–Kier alpha value is -1.22. The highest BCUT2D eigenvalue weighted by molar-refractivity contribution is 6.35. The SMILES string of the molecule is Cc1cccc(NC(=O)C2C(c3cc(Cl)cc(Cl)c3)C2(C)Cl)c1. The van der Waals surface area contributed by atoms with Gasteiger partial charge in [-0.05, 0) is 55.3 Å². The summed E-state index contributed by atoms with van der Waals surface area (Å²) in [5, 5.41) is 4.03. The van der Waals surface area contributed by atoms with Gasteiger partial charge in [0.2, 0.25) is 5.91 Å². The van der Waals surface area contributed by atoms with E-state index in [2.05, 4.69) is 5.32 Å². The van der Waals surface area contributed by atoms with Gasteiger partial charge in [0.15, 0.2) is 0 Å². The van der Waals surface area contributed by atoms with E-state index in [1.54, 1.807) is 6.07 Å². The Balaban J connectivity index is 1.81. The number of hydrogen-bond donors (Lipinski definition) is 1. The van der Waals surface area contributed by atoms with Gasteiger partial charge in [-0.1, -0.05) is 35.3 Å². The third-order valence-corrected chi connectivity index (χ3v) is 5.16. The lowest BCUT2D eigenvalue weighted by molar-refractivity contribution is -0.117. The fourth-order valence-electron chi connectivity index (χ4n) is 3.11. The van der Waals surface area contributed by atoms with Crippen LogP contribution in [0.4, 0.5) is 5.69 Å². The Morgan fingerprint density at radius 2 is 1.78 bits per heavy atom. The Labute approximate surface area is 150 Å². The van der Waals surface area contributed by atoms with Crippen molar-refractivity contribution in [2.45, 2.75) is 24.6 Å². The first kappa shape index (κ1) is 16.6. The first-order chi connectivity index (χ1) is 10.8. The van der Waals surface area contributed by atoms with Gasteiger partial charge in [0.05, 0.1) is 10.8 Å². The van der Waals surface area contributed by atoms with Gasteiger partial charge in [0.25, 0.3) is 0 Å². The zero-order chi connectivity index (χ0) is 16.8. The fourth-order valence-corrected chi connectivity index (χ4v) is 4.06. The molecule has 3 unspecified atom stereocenters. The number of aryl methyl sites for hydroxylation is 1. The van der Waals surface area contributed by atoms with Gasteiger partial charge in [-0.2, -0.15) is 0 Å². The van der Waals surface area contributed by atoms with Crippen LogP contribution >= 0.6 is 34.8 Å². The second kappa shape index (κ2) is 6.01. The van der Waals surface area contributed by atoms with E-state index < -0.39 is 4.87 Å². The fraction of sp³-hybridized carbons (Fsp3) is 0.278. The molecule has 0 heterocycles. The van der Waals surface area contributed by atoms with Crippen LogP contribution < -0.4 is 5.32 Å². The number of halogens is 3. The molecule has 3 rings (SSSR count). The number of carbonyl (C=O) groups is 1. The van der Waals surface area contributed by atoms with Crippen LogP contribution in [0.1, 0.15) is 24.0 Å². The van der Waals surface area contributed by atoms with Gasteiger partial charge in [0, 0.05) is 21.7 Å². The van der Waals surface area contributed by atoms with Crippen molar-refractivity contribution in [3.63, 3.8) is 0 Å². The van der Waals surface area contributed by atoms with Crippen molar-refractivity contribution in [2.75, 3.05) is 5.32 Å².